The number of nitrogens with one attached hydrogen (secondary N) is 1. The van der Waals surface area contributed by atoms with Gasteiger partial charge in [0.25, 0.3) is 0 Å². The third-order valence-corrected chi connectivity index (χ3v) is 5.29. The Morgan fingerprint density at radius 1 is 1.11 bits per heavy atom. The summed E-state index contributed by atoms with van der Waals surface area (Å²) in [5.74, 6) is 1.34. The number of carbonyl (C=O) groups excluding carboxylic acids is 2. The Morgan fingerprint density at radius 2 is 1.85 bits per heavy atom. The van der Waals surface area contributed by atoms with Gasteiger partial charge in [-0.1, -0.05) is 12.8 Å². The molecule has 27 heavy (non-hydrogen) atoms. The van der Waals surface area contributed by atoms with Crippen LogP contribution in [0.1, 0.15) is 32.1 Å². The largest absolute Gasteiger partial charge is 0.382 e. The summed E-state index contributed by atoms with van der Waals surface area (Å²) < 4.78 is 15.5. The number of carbonyl (C=O) groups is 2. The van der Waals surface area contributed by atoms with Crippen LogP contribution in [0.3, 0.4) is 0 Å². The number of unbranched alkanes of at least 4 members (excludes halogenated alkanes) is 3. The molecule has 3 N–H and O–H groups in total. The van der Waals surface area contributed by atoms with Crippen molar-refractivity contribution in [3.63, 3.8) is 0 Å². The van der Waals surface area contributed by atoms with Crippen LogP contribution in [0.4, 0.5) is 0 Å². The Bertz CT molecular complexity index is 414. The highest BCUT2D eigenvalue weighted by molar-refractivity contribution is 7.99. The molecular weight excluding hydrogens is 370 g/mol. The zero-order valence-electron chi connectivity index (χ0n) is 16.5. The number of rotatable bonds is 16. The Balaban J connectivity index is 2.14. The fourth-order valence-electron chi connectivity index (χ4n) is 2.67. The van der Waals surface area contributed by atoms with Gasteiger partial charge < -0.3 is 30.2 Å². The minimum atomic E-state index is -0.0727. The highest BCUT2D eigenvalue weighted by Gasteiger charge is 2.30. The molecule has 0 bridgehead atoms. The van der Waals surface area contributed by atoms with Gasteiger partial charge >= 0.3 is 0 Å². The molecule has 1 atom stereocenters. The Morgan fingerprint density at radius 3 is 2.63 bits per heavy atom. The summed E-state index contributed by atoms with van der Waals surface area (Å²) in [7, 11) is 1.62. The van der Waals surface area contributed by atoms with Crippen LogP contribution in [0.25, 0.3) is 0 Å². The molecule has 1 aliphatic rings. The zero-order chi connectivity index (χ0) is 19.7. The van der Waals surface area contributed by atoms with E-state index < -0.39 is 0 Å². The van der Waals surface area contributed by atoms with E-state index in [2.05, 4.69) is 5.32 Å². The Labute approximate surface area is 166 Å². The van der Waals surface area contributed by atoms with Crippen molar-refractivity contribution in [2.24, 2.45) is 5.73 Å². The van der Waals surface area contributed by atoms with Gasteiger partial charge in [0, 0.05) is 25.8 Å². The normalized spacial score (nSPS) is 16.7. The number of amides is 2. The van der Waals surface area contributed by atoms with E-state index in [9.17, 15) is 9.59 Å². The lowest BCUT2D eigenvalue weighted by atomic mass is 10.1. The number of methoxy groups -OCH3 is 1. The summed E-state index contributed by atoms with van der Waals surface area (Å²) in [5.41, 5.74) is 5.46. The topological polar surface area (TPSA) is 103 Å². The standard InChI is InChI=1S/C18H35N3O5S/c1-24-8-9-25-10-11-26-13-18(23)21-15-27-14-16(21)12-17(22)20-7-5-3-2-4-6-19/h16H,2-15,19H2,1H3,(H,20,22). The average Bonchev–Trinajstić information content (AvgIpc) is 3.11. The van der Waals surface area contributed by atoms with Crippen molar-refractivity contribution in [1.82, 2.24) is 10.2 Å². The number of thioether (sulfide) groups is 1. The summed E-state index contributed by atoms with van der Waals surface area (Å²) in [4.78, 5) is 26.2. The zero-order valence-corrected chi connectivity index (χ0v) is 17.3. The van der Waals surface area contributed by atoms with Gasteiger partial charge in [0.05, 0.1) is 38.3 Å². The van der Waals surface area contributed by atoms with Gasteiger partial charge in [-0.2, -0.15) is 0 Å². The molecule has 0 radical (unpaired) electrons. The maximum absolute atomic E-state index is 12.3. The van der Waals surface area contributed by atoms with Gasteiger partial charge in [0.1, 0.15) is 6.61 Å². The second-order valence-electron chi connectivity index (χ2n) is 6.43. The van der Waals surface area contributed by atoms with Crippen LogP contribution in [0.5, 0.6) is 0 Å². The van der Waals surface area contributed by atoms with Crippen molar-refractivity contribution in [2.75, 3.05) is 64.9 Å². The van der Waals surface area contributed by atoms with Crippen LogP contribution in [0, 0.1) is 0 Å². The number of hydrogen-bond acceptors (Lipinski definition) is 7. The first-order valence-electron chi connectivity index (χ1n) is 9.67. The van der Waals surface area contributed by atoms with Crippen LogP contribution >= 0.6 is 11.8 Å². The first kappa shape index (κ1) is 24.2. The van der Waals surface area contributed by atoms with E-state index in [1.165, 1.54) is 0 Å². The van der Waals surface area contributed by atoms with Crippen molar-refractivity contribution in [3.05, 3.63) is 0 Å². The number of hydrogen-bond donors (Lipinski definition) is 2. The number of nitrogens with zero attached hydrogens (tertiary/aromatic N) is 1. The molecule has 0 aromatic heterocycles. The van der Waals surface area contributed by atoms with E-state index in [4.69, 9.17) is 19.9 Å². The van der Waals surface area contributed by atoms with Crippen molar-refractivity contribution in [2.45, 2.75) is 38.1 Å². The molecule has 0 saturated carbocycles. The lowest BCUT2D eigenvalue weighted by molar-refractivity contribution is -0.137. The van der Waals surface area contributed by atoms with Gasteiger partial charge in [-0.15, -0.1) is 11.8 Å². The van der Waals surface area contributed by atoms with Crippen LogP contribution in [0.2, 0.25) is 0 Å². The molecule has 1 fully saturated rings. The van der Waals surface area contributed by atoms with E-state index in [-0.39, 0.29) is 24.5 Å². The highest BCUT2D eigenvalue weighted by atomic mass is 32.2. The van der Waals surface area contributed by atoms with Gasteiger partial charge in [-0.05, 0) is 19.4 Å². The molecule has 0 aliphatic carbocycles. The lowest BCUT2D eigenvalue weighted by Crippen LogP contribution is -2.42. The molecule has 8 nitrogen and oxygen atoms in total. The summed E-state index contributed by atoms with van der Waals surface area (Å²) >= 11 is 1.67. The third kappa shape index (κ3) is 11.5. The number of nitrogens with two attached hydrogens (primary N) is 1. The van der Waals surface area contributed by atoms with Crippen molar-refractivity contribution < 1.29 is 23.8 Å². The SMILES string of the molecule is COCCOCCOCC(=O)N1CSCC1CC(=O)NCCCCCCN. The second kappa shape index (κ2) is 16.1. The molecule has 2 amide bonds. The highest BCUT2D eigenvalue weighted by Crippen LogP contribution is 2.23. The average molecular weight is 406 g/mol. The van der Waals surface area contributed by atoms with Crippen molar-refractivity contribution in [3.8, 4) is 0 Å². The van der Waals surface area contributed by atoms with Crippen LogP contribution < -0.4 is 11.1 Å². The fourth-order valence-corrected chi connectivity index (χ4v) is 3.90. The van der Waals surface area contributed by atoms with E-state index in [1.54, 1.807) is 23.8 Å². The van der Waals surface area contributed by atoms with Gasteiger partial charge in [0.2, 0.25) is 11.8 Å². The smallest absolute Gasteiger partial charge is 0.249 e. The van der Waals surface area contributed by atoms with Crippen LogP contribution in [-0.2, 0) is 23.8 Å². The molecule has 1 unspecified atom stereocenters. The molecular formula is C18H35N3O5S. The van der Waals surface area contributed by atoms with E-state index in [0.717, 1.165) is 38.0 Å². The predicted octanol–water partition coefficient (Wildman–Crippen LogP) is 0.593. The summed E-state index contributed by atoms with van der Waals surface area (Å²) in [6.45, 7) is 3.29. The number of ether oxygens (including phenoxy) is 3. The molecule has 158 valence electrons. The maximum atomic E-state index is 12.3. The monoisotopic (exact) mass is 405 g/mol. The van der Waals surface area contributed by atoms with E-state index >= 15 is 0 Å². The minimum absolute atomic E-state index is 0.00610. The van der Waals surface area contributed by atoms with Gasteiger partial charge in [0.15, 0.2) is 0 Å². The van der Waals surface area contributed by atoms with E-state index in [1.807, 2.05) is 0 Å². The molecule has 0 aromatic rings. The van der Waals surface area contributed by atoms with Gasteiger partial charge in [-0.3, -0.25) is 9.59 Å². The third-order valence-electron chi connectivity index (χ3n) is 4.21. The molecule has 0 spiro atoms. The van der Waals surface area contributed by atoms with Crippen LogP contribution in [-0.4, -0.2) is 87.6 Å². The molecule has 1 heterocycles. The van der Waals surface area contributed by atoms with Crippen molar-refractivity contribution in [1.29, 1.82) is 0 Å². The first-order chi connectivity index (χ1) is 13.2. The Kier molecular flexibility index (Phi) is 14.4. The molecule has 1 saturated heterocycles. The van der Waals surface area contributed by atoms with E-state index in [0.29, 0.717) is 45.3 Å². The first-order valence-corrected chi connectivity index (χ1v) is 10.8. The quantitative estimate of drug-likeness (QED) is 0.362. The van der Waals surface area contributed by atoms with Gasteiger partial charge in [-0.25, -0.2) is 0 Å². The summed E-state index contributed by atoms with van der Waals surface area (Å²) in [6.07, 6.45) is 4.53. The molecule has 1 rings (SSSR count). The molecule has 0 aromatic carbocycles. The maximum Gasteiger partial charge on any atom is 0.249 e. The fraction of sp³-hybridized carbons (Fsp3) is 0.889. The molecule has 1 aliphatic heterocycles. The summed E-state index contributed by atoms with van der Waals surface area (Å²) in [5, 5.41) is 2.95. The van der Waals surface area contributed by atoms with Crippen molar-refractivity contribution >= 4 is 23.6 Å². The lowest BCUT2D eigenvalue weighted by Gasteiger charge is -2.23. The molecule has 9 heteroatoms. The second-order valence-corrected chi connectivity index (χ2v) is 7.43. The Hall–Kier alpha value is -0.870. The minimum Gasteiger partial charge on any atom is -0.382 e. The predicted molar refractivity (Wildman–Crippen MR) is 107 cm³/mol. The van der Waals surface area contributed by atoms with Crippen LogP contribution in [0.15, 0.2) is 0 Å². The summed E-state index contributed by atoms with van der Waals surface area (Å²) in [6, 6.07) is -0.0544.